The first-order chi connectivity index (χ1) is 13.2. The van der Waals surface area contributed by atoms with E-state index in [9.17, 15) is 4.79 Å². The second-order valence-electron chi connectivity index (χ2n) is 7.40. The maximum absolute atomic E-state index is 12.6. The van der Waals surface area contributed by atoms with E-state index in [-0.39, 0.29) is 11.9 Å². The normalized spacial score (nSPS) is 25.5. The molecule has 5 nitrogen and oxygen atoms in total. The van der Waals surface area contributed by atoms with Crippen LogP contribution in [0.4, 0.5) is 0 Å². The molecule has 0 saturated heterocycles. The number of rotatable bonds is 0. The number of hydrogen-bond donors (Lipinski definition) is 1. The Morgan fingerprint density at radius 1 is 1.26 bits per heavy atom. The van der Waals surface area contributed by atoms with Gasteiger partial charge in [0.15, 0.2) is 0 Å². The number of carbonyl (C=O) groups excluding carboxylic acids is 1. The molecule has 0 aliphatic carbocycles. The lowest BCUT2D eigenvalue weighted by Crippen LogP contribution is -2.31. The van der Waals surface area contributed by atoms with Crippen molar-refractivity contribution >= 4 is 23.4 Å². The van der Waals surface area contributed by atoms with Crippen molar-refractivity contribution in [1.82, 2.24) is 5.32 Å². The average Bonchev–Trinajstić information content (AvgIpc) is 2.94. The van der Waals surface area contributed by atoms with Crippen LogP contribution in [0.2, 0.25) is 0 Å². The summed E-state index contributed by atoms with van der Waals surface area (Å²) in [6.07, 6.45) is 9.47. The number of nitrogens with one attached hydrogen (secondary N) is 1. The molecule has 3 aliphatic heterocycles. The molecule has 1 N–H and O–H groups in total. The summed E-state index contributed by atoms with van der Waals surface area (Å²) in [5.74, 6) is 1.32. The molecular weight excluding hydrogens is 338 g/mol. The smallest absolute Gasteiger partial charge is 0.269 e. The predicted molar refractivity (Wildman–Crippen MR) is 108 cm³/mol. The fourth-order valence-electron chi connectivity index (χ4n) is 3.63. The molecule has 4 rings (SSSR count). The molecule has 27 heavy (non-hydrogen) atoms. The predicted octanol–water partition coefficient (Wildman–Crippen LogP) is 3.57. The summed E-state index contributed by atoms with van der Waals surface area (Å²) >= 11 is 0. The van der Waals surface area contributed by atoms with Crippen molar-refractivity contribution in [2.24, 2.45) is 15.9 Å². The molecule has 1 aromatic rings. The number of fused-ring (bicyclic) bond motifs is 3. The highest BCUT2D eigenvalue weighted by atomic mass is 16.5. The van der Waals surface area contributed by atoms with Gasteiger partial charge in [0.25, 0.3) is 5.91 Å². The molecule has 4 bridgehead atoms. The SMILES string of the molecule is CC1CCCNC(=O)C2=NC3=C(C=NC3CC=C2)c2cccc(c2)OCC1. The molecule has 2 unspecified atom stereocenters. The van der Waals surface area contributed by atoms with Crippen LogP contribution in [0, 0.1) is 5.92 Å². The first-order valence-electron chi connectivity index (χ1n) is 9.75. The Balaban J connectivity index is 1.73. The number of nitrogens with zero attached hydrogens (tertiary/aromatic N) is 2. The lowest BCUT2D eigenvalue weighted by molar-refractivity contribution is -0.114. The van der Waals surface area contributed by atoms with Crippen LogP contribution in [0.5, 0.6) is 5.75 Å². The van der Waals surface area contributed by atoms with E-state index in [2.05, 4.69) is 17.2 Å². The maximum Gasteiger partial charge on any atom is 0.269 e. The maximum atomic E-state index is 12.6. The summed E-state index contributed by atoms with van der Waals surface area (Å²) in [7, 11) is 0. The van der Waals surface area contributed by atoms with E-state index in [1.165, 1.54) is 0 Å². The van der Waals surface area contributed by atoms with E-state index >= 15 is 0 Å². The minimum Gasteiger partial charge on any atom is -0.494 e. The first-order valence-corrected chi connectivity index (χ1v) is 9.75. The number of benzene rings is 1. The molecule has 2 atom stereocenters. The van der Waals surface area contributed by atoms with Gasteiger partial charge in [-0.15, -0.1) is 0 Å². The van der Waals surface area contributed by atoms with E-state index < -0.39 is 0 Å². The van der Waals surface area contributed by atoms with Crippen LogP contribution in [0.15, 0.2) is 52.1 Å². The molecule has 0 aromatic heterocycles. The van der Waals surface area contributed by atoms with E-state index in [4.69, 9.17) is 9.73 Å². The van der Waals surface area contributed by atoms with Gasteiger partial charge in [-0.3, -0.25) is 9.79 Å². The molecule has 5 heteroatoms. The van der Waals surface area contributed by atoms with E-state index in [1.807, 2.05) is 42.6 Å². The number of aliphatic imine (C=N–C) groups is 2. The van der Waals surface area contributed by atoms with Crippen molar-refractivity contribution in [3.05, 3.63) is 47.7 Å². The van der Waals surface area contributed by atoms with Crippen molar-refractivity contribution < 1.29 is 9.53 Å². The lowest BCUT2D eigenvalue weighted by Gasteiger charge is -2.14. The van der Waals surface area contributed by atoms with Crippen molar-refractivity contribution in [3.63, 3.8) is 0 Å². The van der Waals surface area contributed by atoms with Gasteiger partial charge in [-0.2, -0.15) is 0 Å². The Morgan fingerprint density at radius 2 is 2.19 bits per heavy atom. The highest BCUT2D eigenvalue weighted by molar-refractivity contribution is 6.43. The average molecular weight is 363 g/mol. The van der Waals surface area contributed by atoms with Gasteiger partial charge in [-0.1, -0.05) is 25.1 Å². The zero-order valence-corrected chi connectivity index (χ0v) is 15.6. The Kier molecular flexibility index (Phi) is 5.19. The van der Waals surface area contributed by atoms with Gasteiger partial charge < -0.3 is 10.1 Å². The third-order valence-corrected chi connectivity index (χ3v) is 5.27. The van der Waals surface area contributed by atoms with Gasteiger partial charge in [-0.05, 0) is 55.4 Å². The monoisotopic (exact) mass is 363 g/mol. The summed E-state index contributed by atoms with van der Waals surface area (Å²) < 4.78 is 5.98. The minimum absolute atomic E-state index is 0.0224. The largest absolute Gasteiger partial charge is 0.494 e. The van der Waals surface area contributed by atoms with Crippen LogP contribution in [0.25, 0.3) is 5.57 Å². The quantitative estimate of drug-likeness (QED) is 0.766. The molecule has 0 radical (unpaired) electrons. The van der Waals surface area contributed by atoms with Gasteiger partial charge in [0.05, 0.1) is 18.3 Å². The van der Waals surface area contributed by atoms with Crippen LogP contribution >= 0.6 is 0 Å². The first kappa shape index (κ1) is 17.7. The number of ether oxygens (including phenoxy) is 1. The molecule has 1 amide bonds. The topological polar surface area (TPSA) is 63.0 Å². The van der Waals surface area contributed by atoms with Crippen molar-refractivity contribution in [2.45, 2.75) is 38.6 Å². The fourth-order valence-corrected chi connectivity index (χ4v) is 3.63. The number of carbonyl (C=O) groups is 1. The minimum atomic E-state index is -0.109. The Hall–Kier alpha value is -2.69. The molecule has 140 valence electrons. The summed E-state index contributed by atoms with van der Waals surface area (Å²) in [6.45, 7) is 3.60. The number of hydrogen-bond acceptors (Lipinski definition) is 4. The van der Waals surface area contributed by atoms with Crippen molar-refractivity contribution in [3.8, 4) is 5.75 Å². The van der Waals surface area contributed by atoms with Gasteiger partial charge in [0, 0.05) is 18.3 Å². The molecule has 3 aliphatic rings. The Morgan fingerprint density at radius 3 is 3.11 bits per heavy atom. The molecule has 0 spiro atoms. The molecule has 3 heterocycles. The summed E-state index contributed by atoms with van der Waals surface area (Å²) in [6, 6.07) is 8.05. The highest BCUT2D eigenvalue weighted by Crippen LogP contribution is 2.32. The zero-order chi connectivity index (χ0) is 18.6. The Bertz CT molecular complexity index is 851. The molecule has 1 aromatic carbocycles. The standard InChI is InChI=1S/C22H25N3O2/c1-15-5-4-11-23-22(26)20-9-3-8-19-21(25-20)18(14-24-19)16-6-2-7-17(13-16)27-12-10-15/h2-3,6-7,9,13-15,19H,4-5,8,10-12H2,1H3,(H,23,26). The second-order valence-corrected chi connectivity index (χ2v) is 7.40. The van der Waals surface area contributed by atoms with Crippen LogP contribution in [0.1, 0.15) is 38.2 Å². The van der Waals surface area contributed by atoms with Gasteiger partial charge in [0.2, 0.25) is 0 Å². The number of allylic oxidation sites excluding steroid dienone is 1. The van der Waals surface area contributed by atoms with Gasteiger partial charge in [-0.25, -0.2) is 4.99 Å². The summed E-state index contributed by atoms with van der Waals surface area (Å²) in [5.41, 5.74) is 3.32. The van der Waals surface area contributed by atoms with E-state index in [1.54, 1.807) is 0 Å². The van der Waals surface area contributed by atoms with Crippen molar-refractivity contribution in [2.75, 3.05) is 13.2 Å². The molecule has 0 fully saturated rings. The van der Waals surface area contributed by atoms with Gasteiger partial charge in [0.1, 0.15) is 11.5 Å². The molecule has 0 saturated carbocycles. The fraction of sp³-hybridized carbons (Fsp3) is 0.409. The zero-order valence-electron chi connectivity index (χ0n) is 15.6. The summed E-state index contributed by atoms with van der Waals surface area (Å²) in [4.78, 5) is 21.9. The van der Waals surface area contributed by atoms with Gasteiger partial charge >= 0.3 is 0 Å². The van der Waals surface area contributed by atoms with Crippen molar-refractivity contribution in [1.29, 1.82) is 0 Å². The van der Waals surface area contributed by atoms with Crippen LogP contribution in [0.3, 0.4) is 0 Å². The van der Waals surface area contributed by atoms with E-state index in [0.717, 1.165) is 48.3 Å². The van der Waals surface area contributed by atoms with Crippen LogP contribution < -0.4 is 10.1 Å². The Labute approximate surface area is 159 Å². The van der Waals surface area contributed by atoms with Crippen LogP contribution in [-0.4, -0.2) is 37.0 Å². The third kappa shape index (κ3) is 4.02. The highest BCUT2D eigenvalue weighted by Gasteiger charge is 2.25. The number of amides is 1. The third-order valence-electron chi connectivity index (χ3n) is 5.27. The summed E-state index contributed by atoms with van der Waals surface area (Å²) in [5, 5.41) is 3.01. The second kappa shape index (κ2) is 7.91. The lowest BCUT2D eigenvalue weighted by atomic mass is 10.0. The van der Waals surface area contributed by atoms with E-state index in [0.29, 0.717) is 24.8 Å². The molecular formula is C22H25N3O2. The van der Waals surface area contributed by atoms with Crippen LogP contribution in [-0.2, 0) is 4.79 Å².